The predicted octanol–water partition coefficient (Wildman–Crippen LogP) is 3.55. The van der Waals surface area contributed by atoms with Crippen LogP contribution in [0.3, 0.4) is 0 Å². The number of nitrogens with zero attached hydrogens (tertiary/aromatic N) is 1. The maximum Gasteiger partial charge on any atom is 0.410 e. The van der Waals surface area contributed by atoms with Crippen molar-refractivity contribution >= 4 is 32.1 Å². The molecular weight excluding hydrogens is 398 g/mol. The van der Waals surface area contributed by atoms with Gasteiger partial charge in [0.1, 0.15) is 5.60 Å². The first kappa shape index (κ1) is 19.2. The quantitative estimate of drug-likeness (QED) is 0.700. The Hall–Kier alpha value is -1.12. The van der Waals surface area contributed by atoms with Crippen molar-refractivity contribution < 1.29 is 22.1 Å². The van der Waals surface area contributed by atoms with Crippen molar-refractivity contribution in [3.05, 3.63) is 28.7 Å². The molecule has 134 valence electrons. The molecule has 0 radical (unpaired) electrons. The molecule has 1 fully saturated rings. The molecule has 8 heteroatoms. The second-order valence-electron chi connectivity index (χ2n) is 6.67. The number of carbonyl (C=O) groups is 1. The van der Waals surface area contributed by atoms with Gasteiger partial charge in [-0.25, -0.2) is 4.79 Å². The smallest absolute Gasteiger partial charge is 0.410 e. The van der Waals surface area contributed by atoms with E-state index in [0.29, 0.717) is 25.9 Å². The third kappa shape index (κ3) is 5.46. The van der Waals surface area contributed by atoms with E-state index in [0.717, 1.165) is 4.47 Å². The average molecular weight is 420 g/mol. The molecule has 0 aliphatic carbocycles. The van der Waals surface area contributed by atoms with Crippen molar-refractivity contribution in [1.82, 2.24) is 4.90 Å². The maximum absolute atomic E-state index is 12.3. The Morgan fingerprint density at radius 2 is 1.71 bits per heavy atom. The first-order chi connectivity index (χ1) is 11.1. The third-order valence-electron chi connectivity index (χ3n) is 3.46. The van der Waals surface area contributed by atoms with Crippen molar-refractivity contribution in [1.29, 1.82) is 0 Å². The van der Waals surface area contributed by atoms with Gasteiger partial charge in [-0.1, -0.05) is 15.9 Å². The molecule has 0 saturated carbocycles. The summed E-state index contributed by atoms with van der Waals surface area (Å²) in [5.74, 6) is 0. The molecule has 1 aliphatic rings. The number of halogens is 1. The van der Waals surface area contributed by atoms with Crippen LogP contribution in [-0.2, 0) is 19.0 Å². The molecule has 0 spiro atoms. The standard InChI is InChI=1S/C16H22BrNO5S/c1-16(2,3)22-15(19)18-10-8-13(9-11-18)23-24(20,21)14-6-4-12(17)5-7-14/h4-7,13H,8-11H2,1-3H3. The van der Waals surface area contributed by atoms with Crippen LogP contribution in [0, 0.1) is 0 Å². The third-order valence-corrected chi connectivity index (χ3v) is 5.36. The average Bonchev–Trinajstić information content (AvgIpc) is 2.46. The van der Waals surface area contributed by atoms with Gasteiger partial charge in [0.15, 0.2) is 0 Å². The minimum absolute atomic E-state index is 0.125. The molecule has 6 nitrogen and oxygen atoms in total. The van der Waals surface area contributed by atoms with E-state index in [1.807, 2.05) is 20.8 Å². The van der Waals surface area contributed by atoms with Crippen LogP contribution < -0.4 is 0 Å². The molecular formula is C16H22BrNO5S. The molecule has 1 heterocycles. The zero-order chi connectivity index (χ0) is 18.0. The first-order valence-electron chi connectivity index (χ1n) is 7.74. The Balaban J connectivity index is 1.91. The summed E-state index contributed by atoms with van der Waals surface area (Å²) in [7, 11) is -3.80. The van der Waals surface area contributed by atoms with Gasteiger partial charge >= 0.3 is 6.09 Å². The molecule has 0 aromatic heterocycles. The highest BCUT2D eigenvalue weighted by Crippen LogP contribution is 2.23. The predicted molar refractivity (Wildman–Crippen MR) is 93.2 cm³/mol. The van der Waals surface area contributed by atoms with Gasteiger partial charge in [0, 0.05) is 17.6 Å². The fourth-order valence-corrected chi connectivity index (χ4v) is 3.69. The molecule has 2 rings (SSSR count). The molecule has 1 amide bonds. The van der Waals surface area contributed by atoms with Crippen molar-refractivity contribution in [2.24, 2.45) is 0 Å². The second-order valence-corrected chi connectivity index (χ2v) is 9.16. The first-order valence-corrected chi connectivity index (χ1v) is 9.94. The normalized spacial score (nSPS) is 16.9. The Labute approximate surface area is 151 Å². The SMILES string of the molecule is CC(C)(C)OC(=O)N1CCC(OS(=O)(=O)c2ccc(Br)cc2)CC1. The number of hydrogen-bond acceptors (Lipinski definition) is 5. The zero-order valence-electron chi connectivity index (χ0n) is 14.0. The number of benzene rings is 1. The highest BCUT2D eigenvalue weighted by atomic mass is 79.9. The number of piperidine rings is 1. The molecule has 0 unspecified atom stereocenters. The van der Waals surface area contributed by atoms with E-state index in [1.54, 1.807) is 17.0 Å². The van der Waals surface area contributed by atoms with Gasteiger partial charge in [0.2, 0.25) is 0 Å². The van der Waals surface area contributed by atoms with Crippen LogP contribution in [0.15, 0.2) is 33.6 Å². The summed E-state index contributed by atoms with van der Waals surface area (Å²) >= 11 is 3.27. The summed E-state index contributed by atoms with van der Waals surface area (Å²) in [6.07, 6.45) is 0.0957. The van der Waals surface area contributed by atoms with Crippen LogP contribution in [0.4, 0.5) is 4.79 Å². The highest BCUT2D eigenvalue weighted by Gasteiger charge is 2.30. The van der Waals surface area contributed by atoms with Crippen LogP contribution in [-0.4, -0.2) is 44.2 Å². The van der Waals surface area contributed by atoms with E-state index in [1.165, 1.54) is 12.1 Å². The van der Waals surface area contributed by atoms with Gasteiger partial charge in [-0.05, 0) is 57.9 Å². The van der Waals surface area contributed by atoms with Crippen LogP contribution in [0.1, 0.15) is 33.6 Å². The molecule has 1 aromatic rings. The molecule has 0 bridgehead atoms. The van der Waals surface area contributed by atoms with Gasteiger partial charge in [-0.3, -0.25) is 4.18 Å². The monoisotopic (exact) mass is 419 g/mol. The number of likely N-dealkylation sites (tertiary alicyclic amines) is 1. The van der Waals surface area contributed by atoms with E-state index in [9.17, 15) is 13.2 Å². The Bertz CT molecular complexity index is 673. The van der Waals surface area contributed by atoms with E-state index in [-0.39, 0.29) is 11.0 Å². The lowest BCUT2D eigenvalue weighted by Crippen LogP contribution is -2.43. The molecule has 1 aromatic carbocycles. The minimum Gasteiger partial charge on any atom is -0.444 e. The van der Waals surface area contributed by atoms with Gasteiger partial charge < -0.3 is 9.64 Å². The molecule has 1 saturated heterocycles. The van der Waals surface area contributed by atoms with Crippen LogP contribution in [0.5, 0.6) is 0 Å². The Kier molecular flexibility index (Phi) is 5.93. The Morgan fingerprint density at radius 1 is 1.17 bits per heavy atom. The molecule has 24 heavy (non-hydrogen) atoms. The number of hydrogen-bond donors (Lipinski definition) is 0. The molecule has 0 N–H and O–H groups in total. The van der Waals surface area contributed by atoms with Gasteiger partial charge in [0.05, 0.1) is 11.0 Å². The van der Waals surface area contributed by atoms with Gasteiger partial charge in [-0.2, -0.15) is 8.42 Å². The largest absolute Gasteiger partial charge is 0.444 e. The summed E-state index contributed by atoms with van der Waals surface area (Å²) < 4.78 is 36.0. The summed E-state index contributed by atoms with van der Waals surface area (Å²) in [5, 5.41) is 0. The molecule has 0 atom stereocenters. The number of ether oxygens (including phenoxy) is 1. The fourth-order valence-electron chi connectivity index (χ4n) is 2.30. The summed E-state index contributed by atoms with van der Waals surface area (Å²) in [5.41, 5.74) is -0.546. The maximum atomic E-state index is 12.3. The highest BCUT2D eigenvalue weighted by molar-refractivity contribution is 9.10. The molecule has 1 aliphatic heterocycles. The lowest BCUT2D eigenvalue weighted by atomic mass is 10.1. The fraction of sp³-hybridized carbons (Fsp3) is 0.562. The Morgan fingerprint density at radius 3 is 2.21 bits per heavy atom. The van der Waals surface area contributed by atoms with E-state index < -0.39 is 21.8 Å². The topological polar surface area (TPSA) is 72.9 Å². The summed E-state index contributed by atoms with van der Waals surface area (Å²) in [6, 6.07) is 6.30. The van der Waals surface area contributed by atoms with Crippen LogP contribution >= 0.6 is 15.9 Å². The van der Waals surface area contributed by atoms with Gasteiger partial charge in [-0.15, -0.1) is 0 Å². The zero-order valence-corrected chi connectivity index (χ0v) is 16.4. The minimum atomic E-state index is -3.80. The number of rotatable bonds is 3. The van der Waals surface area contributed by atoms with Crippen LogP contribution in [0.2, 0.25) is 0 Å². The van der Waals surface area contributed by atoms with Crippen molar-refractivity contribution in [2.75, 3.05) is 13.1 Å². The van der Waals surface area contributed by atoms with E-state index >= 15 is 0 Å². The van der Waals surface area contributed by atoms with Crippen molar-refractivity contribution in [3.63, 3.8) is 0 Å². The van der Waals surface area contributed by atoms with Gasteiger partial charge in [0.25, 0.3) is 10.1 Å². The van der Waals surface area contributed by atoms with Crippen molar-refractivity contribution in [2.45, 2.75) is 50.2 Å². The lowest BCUT2D eigenvalue weighted by Gasteiger charge is -2.33. The second kappa shape index (κ2) is 7.41. The number of amides is 1. The number of carbonyl (C=O) groups excluding carboxylic acids is 1. The lowest BCUT2D eigenvalue weighted by molar-refractivity contribution is 0.0133. The van der Waals surface area contributed by atoms with E-state index in [2.05, 4.69) is 15.9 Å². The van der Waals surface area contributed by atoms with E-state index in [4.69, 9.17) is 8.92 Å². The van der Waals surface area contributed by atoms with Crippen molar-refractivity contribution in [3.8, 4) is 0 Å². The summed E-state index contributed by atoms with van der Waals surface area (Å²) in [4.78, 5) is 13.7. The summed E-state index contributed by atoms with van der Waals surface area (Å²) in [6.45, 7) is 6.26. The van der Waals surface area contributed by atoms with Crippen LogP contribution in [0.25, 0.3) is 0 Å².